The number of Topliss-reactive ketones (excluding diaryl/α,β-unsaturated/α-hetero) is 1. The number of ketones is 1. The highest BCUT2D eigenvalue weighted by Gasteiger charge is 2.24. The number of carbonyl (C=O) groups is 1. The summed E-state index contributed by atoms with van der Waals surface area (Å²) in [5.41, 5.74) is 0. The van der Waals surface area contributed by atoms with E-state index < -0.39 is 0 Å². The van der Waals surface area contributed by atoms with E-state index in [4.69, 9.17) is 9.47 Å². The van der Waals surface area contributed by atoms with Gasteiger partial charge >= 0.3 is 0 Å². The van der Waals surface area contributed by atoms with Gasteiger partial charge in [0.15, 0.2) is 0 Å². The molecule has 0 bridgehead atoms. The number of nitrogens with zero attached hydrogens (tertiary/aromatic N) is 3. The molecule has 2 aliphatic rings. The molecule has 0 spiro atoms. The Morgan fingerprint density at radius 3 is 2.14 bits per heavy atom. The third-order valence-electron chi connectivity index (χ3n) is 5.86. The molecule has 0 amide bonds. The van der Waals surface area contributed by atoms with Gasteiger partial charge in [0.05, 0.1) is 33.0 Å². The van der Waals surface area contributed by atoms with Crippen LogP contribution in [0.1, 0.15) is 33.6 Å². The first-order valence-electron chi connectivity index (χ1n) is 11.6. The van der Waals surface area contributed by atoms with Crippen LogP contribution in [0.3, 0.4) is 0 Å². The Bertz CT molecular complexity index is 434. The second-order valence-electron chi connectivity index (χ2n) is 8.90. The zero-order valence-corrected chi connectivity index (χ0v) is 19.0. The monoisotopic (exact) mass is 412 g/mol. The topological polar surface area (TPSA) is 57.3 Å². The molecular formula is C22H44N4O3. The molecule has 7 heteroatoms. The predicted molar refractivity (Wildman–Crippen MR) is 118 cm³/mol. The van der Waals surface area contributed by atoms with Crippen molar-refractivity contribution < 1.29 is 14.3 Å². The smallest absolute Gasteiger partial charge is 0.143 e. The van der Waals surface area contributed by atoms with Crippen LogP contribution in [0.4, 0.5) is 0 Å². The van der Waals surface area contributed by atoms with Gasteiger partial charge in [0.2, 0.25) is 0 Å². The summed E-state index contributed by atoms with van der Waals surface area (Å²) < 4.78 is 11.3. The number of piperazine rings is 1. The van der Waals surface area contributed by atoms with Crippen molar-refractivity contribution in [2.24, 2.45) is 5.92 Å². The highest BCUT2D eigenvalue weighted by molar-refractivity contribution is 5.77. The first kappa shape index (κ1) is 24.7. The number of rotatable bonds is 14. The molecule has 0 saturated carbocycles. The van der Waals surface area contributed by atoms with E-state index in [0.717, 1.165) is 58.4 Å². The van der Waals surface area contributed by atoms with Crippen LogP contribution in [0.25, 0.3) is 0 Å². The van der Waals surface area contributed by atoms with Crippen LogP contribution in [0, 0.1) is 5.92 Å². The minimum atomic E-state index is 0.287. The molecule has 170 valence electrons. The quantitative estimate of drug-likeness (QED) is 0.426. The van der Waals surface area contributed by atoms with Crippen molar-refractivity contribution >= 4 is 5.78 Å². The molecule has 0 atom stereocenters. The number of likely N-dealkylation sites (tertiary alicyclic amines) is 1. The lowest BCUT2D eigenvalue weighted by Crippen LogP contribution is -2.49. The molecule has 2 heterocycles. The van der Waals surface area contributed by atoms with E-state index in [1.165, 1.54) is 32.5 Å². The van der Waals surface area contributed by atoms with Crippen LogP contribution >= 0.6 is 0 Å². The molecule has 0 aromatic heterocycles. The minimum absolute atomic E-state index is 0.287. The van der Waals surface area contributed by atoms with Crippen LogP contribution in [0.5, 0.6) is 0 Å². The number of carbonyl (C=O) groups excluding carboxylic acids is 1. The number of hydrogen-bond donors (Lipinski definition) is 1. The predicted octanol–water partition coefficient (Wildman–Crippen LogP) is 0.936. The molecule has 0 unspecified atom stereocenters. The van der Waals surface area contributed by atoms with Gasteiger partial charge in [-0.25, -0.2) is 0 Å². The Balaban J connectivity index is 1.42. The largest absolute Gasteiger partial charge is 0.378 e. The number of ether oxygens (including phenoxy) is 2. The maximum absolute atomic E-state index is 11.3. The zero-order chi connectivity index (χ0) is 20.9. The SMILES string of the molecule is CC(=O)CN1CCC(CN2CCN(CCOCCOCCNC(C)C)CC2)CC1. The minimum Gasteiger partial charge on any atom is -0.378 e. The third-order valence-corrected chi connectivity index (χ3v) is 5.86. The fraction of sp³-hybridized carbons (Fsp3) is 0.955. The summed E-state index contributed by atoms with van der Waals surface area (Å²) in [4.78, 5) is 18.7. The van der Waals surface area contributed by atoms with Crippen LogP contribution in [-0.4, -0.2) is 118 Å². The average Bonchev–Trinajstić information content (AvgIpc) is 2.69. The molecule has 2 rings (SSSR count). The van der Waals surface area contributed by atoms with Crippen LogP contribution < -0.4 is 5.32 Å². The van der Waals surface area contributed by atoms with Crippen molar-refractivity contribution in [3.8, 4) is 0 Å². The maximum Gasteiger partial charge on any atom is 0.143 e. The van der Waals surface area contributed by atoms with Gasteiger partial charge in [0.25, 0.3) is 0 Å². The average molecular weight is 413 g/mol. The second-order valence-corrected chi connectivity index (χ2v) is 8.90. The Morgan fingerprint density at radius 2 is 1.52 bits per heavy atom. The molecule has 29 heavy (non-hydrogen) atoms. The summed E-state index contributed by atoms with van der Waals surface area (Å²) in [6.07, 6.45) is 2.47. The number of nitrogens with one attached hydrogen (secondary N) is 1. The molecule has 1 N–H and O–H groups in total. The lowest BCUT2D eigenvalue weighted by molar-refractivity contribution is -0.118. The normalized spacial score (nSPS) is 20.6. The molecular weight excluding hydrogens is 368 g/mol. The van der Waals surface area contributed by atoms with Crippen molar-refractivity contribution in [1.82, 2.24) is 20.0 Å². The van der Waals surface area contributed by atoms with E-state index in [-0.39, 0.29) is 5.78 Å². The van der Waals surface area contributed by atoms with Gasteiger partial charge in [-0.1, -0.05) is 13.8 Å². The first-order valence-corrected chi connectivity index (χ1v) is 11.6. The number of piperidine rings is 1. The third kappa shape index (κ3) is 11.4. The van der Waals surface area contributed by atoms with Crippen molar-refractivity contribution in [2.45, 2.75) is 39.7 Å². The summed E-state index contributed by atoms with van der Waals surface area (Å²) in [6, 6.07) is 0.515. The molecule has 2 saturated heterocycles. The Kier molecular flexibility index (Phi) is 12.3. The van der Waals surface area contributed by atoms with Crippen LogP contribution in [-0.2, 0) is 14.3 Å². The van der Waals surface area contributed by atoms with E-state index in [0.29, 0.717) is 25.8 Å². The molecule has 2 fully saturated rings. The van der Waals surface area contributed by atoms with Gasteiger partial charge in [0, 0.05) is 51.9 Å². The fourth-order valence-electron chi connectivity index (χ4n) is 4.14. The molecule has 7 nitrogen and oxygen atoms in total. The van der Waals surface area contributed by atoms with Crippen molar-refractivity contribution in [1.29, 1.82) is 0 Å². The van der Waals surface area contributed by atoms with Gasteiger partial charge in [0.1, 0.15) is 5.78 Å². The number of hydrogen-bond acceptors (Lipinski definition) is 7. The first-order chi connectivity index (χ1) is 14.0. The second kappa shape index (κ2) is 14.4. The molecule has 2 aliphatic heterocycles. The summed E-state index contributed by atoms with van der Waals surface area (Å²) in [6.45, 7) is 19.4. The lowest BCUT2D eigenvalue weighted by atomic mass is 9.96. The highest BCUT2D eigenvalue weighted by Crippen LogP contribution is 2.19. The van der Waals surface area contributed by atoms with Crippen molar-refractivity contribution in [3.05, 3.63) is 0 Å². The maximum atomic E-state index is 11.3. The van der Waals surface area contributed by atoms with Gasteiger partial charge in [-0.3, -0.25) is 14.6 Å². The standard InChI is InChI=1S/C22H44N4O3/c1-20(2)23-6-14-28-16-17-29-15-13-24-9-11-26(12-10-24)19-22-4-7-25(8-5-22)18-21(3)27/h20,22-23H,4-19H2,1-3H3. The van der Waals surface area contributed by atoms with E-state index in [2.05, 4.69) is 33.9 Å². The van der Waals surface area contributed by atoms with Gasteiger partial charge in [-0.05, 0) is 38.8 Å². The summed E-state index contributed by atoms with van der Waals surface area (Å²) >= 11 is 0. The van der Waals surface area contributed by atoms with Gasteiger partial charge < -0.3 is 19.7 Å². The molecule has 0 aromatic carbocycles. The van der Waals surface area contributed by atoms with Gasteiger partial charge in [-0.15, -0.1) is 0 Å². The Hall–Kier alpha value is -0.570. The summed E-state index contributed by atoms with van der Waals surface area (Å²) in [5.74, 6) is 1.08. The van der Waals surface area contributed by atoms with Gasteiger partial charge in [-0.2, -0.15) is 0 Å². The molecule has 0 aromatic rings. The van der Waals surface area contributed by atoms with E-state index >= 15 is 0 Å². The van der Waals surface area contributed by atoms with E-state index in [1.807, 2.05) is 0 Å². The Morgan fingerprint density at radius 1 is 0.897 bits per heavy atom. The molecule has 0 aliphatic carbocycles. The fourth-order valence-corrected chi connectivity index (χ4v) is 4.14. The highest BCUT2D eigenvalue weighted by atomic mass is 16.5. The van der Waals surface area contributed by atoms with E-state index in [1.54, 1.807) is 6.92 Å². The summed E-state index contributed by atoms with van der Waals surface area (Å²) in [5, 5.41) is 3.34. The van der Waals surface area contributed by atoms with Crippen LogP contribution in [0.2, 0.25) is 0 Å². The van der Waals surface area contributed by atoms with Crippen molar-refractivity contribution in [3.63, 3.8) is 0 Å². The zero-order valence-electron chi connectivity index (χ0n) is 19.0. The van der Waals surface area contributed by atoms with E-state index in [9.17, 15) is 4.79 Å². The lowest BCUT2D eigenvalue weighted by Gasteiger charge is -2.38. The van der Waals surface area contributed by atoms with Crippen LogP contribution in [0.15, 0.2) is 0 Å². The molecule has 0 radical (unpaired) electrons. The Labute approximate surface area is 178 Å². The van der Waals surface area contributed by atoms with Crippen molar-refractivity contribution in [2.75, 3.05) is 91.9 Å². The summed E-state index contributed by atoms with van der Waals surface area (Å²) in [7, 11) is 0.